The molecule has 0 spiro atoms. The molecule has 21 heavy (non-hydrogen) atoms. The summed E-state index contributed by atoms with van der Waals surface area (Å²) in [4.78, 5) is 15.1. The molecule has 1 unspecified atom stereocenters. The van der Waals surface area contributed by atoms with Gasteiger partial charge in [0.15, 0.2) is 0 Å². The first kappa shape index (κ1) is 12.3. The molecule has 1 saturated heterocycles. The van der Waals surface area contributed by atoms with Crippen LogP contribution >= 0.6 is 0 Å². The zero-order chi connectivity index (χ0) is 14.2. The normalized spacial score (nSPS) is 18.5. The SMILES string of the molecule is Cc1cc(N2CCCC2c2ccncc2)n2ncnc2n1. The maximum absolute atomic E-state index is 4.42. The molecule has 6 heteroatoms. The number of anilines is 1. The standard InChI is InChI=1S/C15H16N6/c1-11-9-14(21-15(19-11)17-10-18-21)20-8-2-3-13(20)12-4-6-16-7-5-12/h4-7,9-10,13H,2-3,8H2,1H3. The Morgan fingerprint density at radius 3 is 2.95 bits per heavy atom. The van der Waals surface area contributed by atoms with E-state index in [1.165, 1.54) is 12.0 Å². The molecule has 1 fully saturated rings. The fourth-order valence-corrected chi connectivity index (χ4v) is 3.09. The smallest absolute Gasteiger partial charge is 0.254 e. The van der Waals surface area contributed by atoms with Crippen molar-refractivity contribution < 1.29 is 0 Å². The highest BCUT2D eigenvalue weighted by molar-refractivity contribution is 5.50. The minimum atomic E-state index is 0.363. The molecule has 1 aliphatic rings. The Hall–Kier alpha value is -2.50. The van der Waals surface area contributed by atoms with Crippen molar-refractivity contribution in [2.24, 2.45) is 0 Å². The van der Waals surface area contributed by atoms with E-state index in [0.29, 0.717) is 11.8 Å². The van der Waals surface area contributed by atoms with Crippen molar-refractivity contribution in [2.75, 3.05) is 11.4 Å². The summed E-state index contributed by atoms with van der Waals surface area (Å²) in [5.41, 5.74) is 2.26. The minimum Gasteiger partial charge on any atom is -0.349 e. The van der Waals surface area contributed by atoms with E-state index < -0.39 is 0 Å². The summed E-state index contributed by atoms with van der Waals surface area (Å²) < 4.78 is 1.83. The maximum Gasteiger partial charge on any atom is 0.254 e. The molecular formula is C15H16N6. The molecule has 4 rings (SSSR count). The van der Waals surface area contributed by atoms with Crippen LogP contribution in [0.25, 0.3) is 5.78 Å². The summed E-state index contributed by atoms with van der Waals surface area (Å²) in [7, 11) is 0. The number of pyridine rings is 1. The first-order chi connectivity index (χ1) is 10.3. The number of fused-ring (bicyclic) bond motifs is 1. The van der Waals surface area contributed by atoms with Gasteiger partial charge in [-0.25, -0.2) is 4.98 Å². The molecule has 6 nitrogen and oxygen atoms in total. The second-order valence-electron chi connectivity index (χ2n) is 5.36. The van der Waals surface area contributed by atoms with E-state index in [4.69, 9.17) is 0 Å². The van der Waals surface area contributed by atoms with E-state index in [2.05, 4.69) is 43.1 Å². The lowest BCUT2D eigenvalue weighted by molar-refractivity contribution is 0.696. The van der Waals surface area contributed by atoms with Crippen molar-refractivity contribution in [3.63, 3.8) is 0 Å². The Morgan fingerprint density at radius 1 is 1.24 bits per heavy atom. The monoisotopic (exact) mass is 280 g/mol. The van der Waals surface area contributed by atoms with Gasteiger partial charge in [-0.05, 0) is 37.5 Å². The van der Waals surface area contributed by atoms with Gasteiger partial charge < -0.3 is 4.90 Å². The summed E-state index contributed by atoms with van der Waals surface area (Å²) in [6.07, 6.45) is 7.58. The molecule has 106 valence electrons. The van der Waals surface area contributed by atoms with E-state index in [1.54, 1.807) is 6.33 Å². The topological polar surface area (TPSA) is 59.2 Å². The van der Waals surface area contributed by atoms with Crippen LogP contribution in [0.2, 0.25) is 0 Å². The molecular weight excluding hydrogens is 264 g/mol. The molecule has 1 aliphatic heterocycles. The van der Waals surface area contributed by atoms with Gasteiger partial charge in [-0.3, -0.25) is 4.98 Å². The van der Waals surface area contributed by atoms with Gasteiger partial charge in [0.1, 0.15) is 12.1 Å². The van der Waals surface area contributed by atoms with E-state index in [9.17, 15) is 0 Å². The Kier molecular flexibility index (Phi) is 2.80. The Morgan fingerprint density at radius 2 is 2.10 bits per heavy atom. The summed E-state index contributed by atoms with van der Waals surface area (Å²) >= 11 is 0. The molecule has 0 amide bonds. The maximum atomic E-state index is 4.42. The molecule has 0 bridgehead atoms. The highest BCUT2D eigenvalue weighted by atomic mass is 15.4. The number of aromatic nitrogens is 5. The highest BCUT2D eigenvalue weighted by Crippen LogP contribution is 2.35. The van der Waals surface area contributed by atoms with Crippen LogP contribution < -0.4 is 4.90 Å². The molecule has 3 aromatic heterocycles. The van der Waals surface area contributed by atoms with Crippen molar-refractivity contribution >= 4 is 11.6 Å². The summed E-state index contributed by atoms with van der Waals surface area (Å²) in [5.74, 6) is 1.72. The van der Waals surface area contributed by atoms with Gasteiger partial charge in [0.2, 0.25) is 0 Å². The Labute approximate surface area is 122 Å². The molecule has 1 atom stereocenters. The third-order valence-corrected chi connectivity index (χ3v) is 4.00. The van der Waals surface area contributed by atoms with Crippen molar-refractivity contribution in [3.05, 3.63) is 48.2 Å². The number of nitrogens with zero attached hydrogens (tertiary/aromatic N) is 6. The van der Waals surface area contributed by atoms with Gasteiger partial charge in [-0.2, -0.15) is 14.6 Å². The van der Waals surface area contributed by atoms with Crippen molar-refractivity contribution in [1.82, 2.24) is 24.6 Å². The van der Waals surface area contributed by atoms with E-state index in [0.717, 1.165) is 24.5 Å². The Balaban J connectivity index is 1.82. The van der Waals surface area contributed by atoms with Crippen LogP contribution in [-0.2, 0) is 0 Å². The first-order valence-corrected chi connectivity index (χ1v) is 7.17. The van der Waals surface area contributed by atoms with Crippen LogP contribution in [0.4, 0.5) is 5.82 Å². The second-order valence-corrected chi connectivity index (χ2v) is 5.36. The van der Waals surface area contributed by atoms with Gasteiger partial charge in [0, 0.05) is 30.7 Å². The molecule has 0 saturated carbocycles. The minimum absolute atomic E-state index is 0.363. The van der Waals surface area contributed by atoms with E-state index >= 15 is 0 Å². The van der Waals surface area contributed by atoms with E-state index in [-0.39, 0.29) is 0 Å². The summed E-state index contributed by atoms with van der Waals surface area (Å²) in [6.45, 7) is 3.01. The average Bonchev–Trinajstić information content (AvgIpc) is 3.16. The molecule has 0 aliphatic carbocycles. The van der Waals surface area contributed by atoms with Crippen LogP contribution in [0.5, 0.6) is 0 Å². The molecule has 0 radical (unpaired) electrons. The third kappa shape index (κ3) is 2.03. The predicted octanol–water partition coefficient (Wildman–Crippen LogP) is 2.17. The third-order valence-electron chi connectivity index (χ3n) is 4.00. The molecule has 0 aromatic carbocycles. The summed E-state index contributed by atoms with van der Waals surface area (Å²) in [5, 5.41) is 4.32. The fourth-order valence-electron chi connectivity index (χ4n) is 3.09. The molecule has 3 aromatic rings. The Bertz CT molecular complexity index is 766. The number of hydrogen-bond donors (Lipinski definition) is 0. The van der Waals surface area contributed by atoms with E-state index in [1.807, 2.05) is 23.8 Å². The van der Waals surface area contributed by atoms with Crippen LogP contribution in [0, 0.1) is 6.92 Å². The quantitative estimate of drug-likeness (QED) is 0.720. The largest absolute Gasteiger partial charge is 0.349 e. The van der Waals surface area contributed by atoms with Gasteiger partial charge in [0.05, 0.1) is 6.04 Å². The van der Waals surface area contributed by atoms with Gasteiger partial charge >= 0.3 is 0 Å². The zero-order valence-electron chi connectivity index (χ0n) is 11.8. The van der Waals surface area contributed by atoms with Crippen molar-refractivity contribution in [3.8, 4) is 0 Å². The lowest BCUT2D eigenvalue weighted by atomic mass is 10.1. The van der Waals surface area contributed by atoms with Gasteiger partial charge in [-0.15, -0.1) is 0 Å². The molecule has 0 N–H and O–H groups in total. The summed E-state index contributed by atoms with van der Waals surface area (Å²) in [6, 6.07) is 6.63. The van der Waals surface area contributed by atoms with Crippen molar-refractivity contribution in [1.29, 1.82) is 0 Å². The first-order valence-electron chi connectivity index (χ1n) is 7.17. The highest BCUT2D eigenvalue weighted by Gasteiger charge is 2.28. The van der Waals surface area contributed by atoms with Gasteiger partial charge in [-0.1, -0.05) is 0 Å². The number of hydrogen-bond acceptors (Lipinski definition) is 5. The second kappa shape index (κ2) is 4.80. The van der Waals surface area contributed by atoms with Crippen LogP contribution in [0.15, 0.2) is 36.9 Å². The number of rotatable bonds is 2. The molecule has 4 heterocycles. The van der Waals surface area contributed by atoms with Crippen LogP contribution in [-0.4, -0.2) is 31.1 Å². The average molecular weight is 280 g/mol. The number of aryl methyl sites for hydroxylation is 1. The lowest BCUT2D eigenvalue weighted by Crippen LogP contribution is -2.25. The van der Waals surface area contributed by atoms with Crippen LogP contribution in [0.3, 0.4) is 0 Å². The fraction of sp³-hybridized carbons (Fsp3) is 0.333. The van der Waals surface area contributed by atoms with Crippen LogP contribution in [0.1, 0.15) is 30.1 Å². The lowest BCUT2D eigenvalue weighted by Gasteiger charge is -2.27. The van der Waals surface area contributed by atoms with Gasteiger partial charge in [0.25, 0.3) is 5.78 Å². The predicted molar refractivity (Wildman–Crippen MR) is 79.1 cm³/mol. The zero-order valence-corrected chi connectivity index (χ0v) is 11.8. The van der Waals surface area contributed by atoms with Crippen molar-refractivity contribution in [2.45, 2.75) is 25.8 Å².